The lowest BCUT2D eigenvalue weighted by atomic mass is 9.83. The van der Waals surface area contributed by atoms with E-state index in [9.17, 15) is 0 Å². The quantitative estimate of drug-likeness (QED) is 0.823. The Bertz CT molecular complexity index is 443. The fourth-order valence-electron chi connectivity index (χ4n) is 3.25. The average molecular weight is 286 g/mol. The summed E-state index contributed by atoms with van der Waals surface area (Å²) in [5, 5.41) is 12.2. The maximum Gasteiger partial charge on any atom is 0.174 e. The first-order valence-corrected chi connectivity index (χ1v) is 8.15. The van der Waals surface area contributed by atoms with E-state index in [1.54, 1.807) is 0 Å². The minimum absolute atomic E-state index is 0.108. The van der Waals surface area contributed by atoms with Gasteiger partial charge in [-0.05, 0) is 42.9 Å². The van der Waals surface area contributed by atoms with Crippen molar-refractivity contribution in [2.75, 3.05) is 6.61 Å². The van der Waals surface area contributed by atoms with E-state index in [0.717, 1.165) is 18.2 Å². The van der Waals surface area contributed by atoms with E-state index >= 15 is 0 Å². The summed E-state index contributed by atoms with van der Waals surface area (Å²) in [6, 6.07) is 10.7. The molecule has 1 aromatic carbocycles. The molecule has 1 unspecified atom stereocenters. The molecule has 3 heteroatoms. The van der Waals surface area contributed by atoms with Crippen LogP contribution in [0.3, 0.4) is 0 Å². The minimum atomic E-state index is 0.108. The number of nitriles is 1. The summed E-state index contributed by atoms with van der Waals surface area (Å²) >= 11 is 0. The van der Waals surface area contributed by atoms with Gasteiger partial charge in [-0.15, -0.1) is 0 Å². The molecule has 1 aliphatic rings. The molecule has 1 aromatic rings. The number of benzene rings is 1. The number of nitrogens with zero attached hydrogens (tertiary/aromatic N) is 1. The van der Waals surface area contributed by atoms with Crippen LogP contribution in [0.1, 0.15) is 51.0 Å². The van der Waals surface area contributed by atoms with Gasteiger partial charge >= 0.3 is 0 Å². The number of ether oxygens (including phenoxy) is 1. The van der Waals surface area contributed by atoms with Crippen LogP contribution in [0.15, 0.2) is 24.3 Å². The predicted molar refractivity (Wildman–Crippen MR) is 85.0 cm³/mol. The second-order valence-corrected chi connectivity index (χ2v) is 5.88. The van der Waals surface area contributed by atoms with E-state index in [4.69, 9.17) is 10.00 Å². The Morgan fingerprint density at radius 2 is 1.95 bits per heavy atom. The summed E-state index contributed by atoms with van der Waals surface area (Å²) in [6.07, 6.45) is 8.17. The highest BCUT2D eigenvalue weighted by atomic mass is 16.5. The van der Waals surface area contributed by atoms with Crippen LogP contribution in [0.25, 0.3) is 0 Å². The van der Waals surface area contributed by atoms with E-state index in [1.807, 2.05) is 18.2 Å². The molecule has 1 fully saturated rings. The molecule has 0 aliphatic heterocycles. The third kappa shape index (κ3) is 5.06. The van der Waals surface area contributed by atoms with E-state index in [0.29, 0.717) is 6.04 Å². The van der Waals surface area contributed by atoms with Crippen LogP contribution in [0.2, 0.25) is 0 Å². The molecule has 0 radical (unpaired) electrons. The van der Waals surface area contributed by atoms with Crippen molar-refractivity contribution in [1.82, 2.24) is 5.32 Å². The summed E-state index contributed by atoms with van der Waals surface area (Å²) < 4.78 is 5.27. The van der Waals surface area contributed by atoms with E-state index in [1.165, 1.54) is 44.1 Å². The fourth-order valence-corrected chi connectivity index (χ4v) is 3.25. The molecule has 1 N–H and O–H groups in total. The molecular weight excluding hydrogens is 260 g/mol. The number of nitrogens with one attached hydrogen (secondary N) is 1. The van der Waals surface area contributed by atoms with Gasteiger partial charge in [-0.3, -0.25) is 0 Å². The molecule has 1 atom stereocenters. The van der Waals surface area contributed by atoms with Crippen molar-refractivity contribution >= 4 is 0 Å². The van der Waals surface area contributed by atoms with Crippen molar-refractivity contribution < 1.29 is 4.74 Å². The molecule has 1 aliphatic carbocycles. The summed E-state index contributed by atoms with van der Waals surface area (Å²) in [6.45, 7) is 3.30. The van der Waals surface area contributed by atoms with Crippen molar-refractivity contribution in [2.24, 2.45) is 5.92 Å². The number of hydrogen-bond acceptors (Lipinski definition) is 3. The lowest BCUT2D eigenvalue weighted by Gasteiger charge is -2.30. The molecule has 21 heavy (non-hydrogen) atoms. The van der Waals surface area contributed by atoms with Gasteiger partial charge in [-0.25, -0.2) is 0 Å². The van der Waals surface area contributed by atoms with Crippen LogP contribution in [-0.4, -0.2) is 12.6 Å². The molecule has 1 saturated carbocycles. The summed E-state index contributed by atoms with van der Waals surface area (Å²) in [7, 11) is 0. The van der Waals surface area contributed by atoms with Crippen molar-refractivity contribution in [3.8, 4) is 11.8 Å². The molecule has 0 amide bonds. The molecule has 0 heterocycles. The summed E-state index contributed by atoms with van der Waals surface area (Å²) in [5.74, 6) is 1.61. The van der Waals surface area contributed by atoms with E-state index in [-0.39, 0.29) is 6.61 Å². The van der Waals surface area contributed by atoms with E-state index < -0.39 is 0 Å². The third-order valence-corrected chi connectivity index (χ3v) is 4.45. The van der Waals surface area contributed by atoms with Gasteiger partial charge in [0.1, 0.15) is 11.8 Å². The Morgan fingerprint density at radius 3 is 2.57 bits per heavy atom. The van der Waals surface area contributed by atoms with E-state index in [2.05, 4.69) is 24.4 Å². The Hall–Kier alpha value is -1.53. The van der Waals surface area contributed by atoms with Crippen LogP contribution >= 0.6 is 0 Å². The second-order valence-electron chi connectivity index (χ2n) is 5.88. The third-order valence-electron chi connectivity index (χ3n) is 4.45. The molecule has 0 spiro atoms. The maximum atomic E-state index is 8.49. The molecule has 0 aromatic heterocycles. The first-order valence-electron chi connectivity index (χ1n) is 8.15. The van der Waals surface area contributed by atoms with Gasteiger partial charge in [0.15, 0.2) is 6.61 Å². The normalized spacial score (nSPS) is 17.1. The van der Waals surface area contributed by atoms with Crippen molar-refractivity contribution in [3.05, 3.63) is 29.8 Å². The Balaban J connectivity index is 1.81. The molecule has 2 rings (SSSR count). The Morgan fingerprint density at radius 1 is 1.24 bits per heavy atom. The van der Waals surface area contributed by atoms with Gasteiger partial charge < -0.3 is 10.1 Å². The standard InChI is InChI=1S/C18H26N2O/c1-2-18(16-6-4-3-5-7-16)20-14-15-8-10-17(11-9-15)21-13-12-19/h8-11,16,18,20H,2-7,13-14H2,1H3. The monoisotopic (exact) mass is 286 g/mol. The van der Waals surface area contributed by atoms with Gasteiger partial charge in [0.05, 0.1) is 0 Å². The molecule has 0 bridgehead atoms. The zero-order chi connectivity index (χ0) is 14.9. The van der Waals surface area contributed by atoms with Gasteiger partial charge in [-0.2, -0.15) is 5.26 Å². The molecular formula is C18H26N2O. The van der Waals surface area contributed by atoms with Gasteiger partial charge in [-0.1, -0.05) is 38.3 Å². The first kappa shape index (κ1) is 15.9. The Labute approximate surface area is 128 Å². The minimum Gasteiger partial charge on any atom is -0.479 e. The van der Waals surface area contributed by atoms with Crippen LogP contribution in [-0.2, 0) is 6.54 Å². The topological polar surface area (TPSA) is 45.0 Å². The van der Waals surface area contributed by atoms with Crippen LogP contribution in [0.4, 0.5) is 0 Å². The smallest absolute Gasteiger partial charge is 0.174 e. The lowest BCUT2D eigenvalue weighted by Crippen LogP contribution is -2.36. The van der Waals surface area contributed by atoms with Crippen LogP contribution in [0, 0.1) is 17.2 Å². The summed E-state index contributed by atoms with van der Waals surface area (Å²) in [4.78, 5) is 0. The highest BCUT2D eigenvalue weighted by Crippen LogP contribution is 2.27. The zero-order valence-electron chi connectivity index (χ0n) is 13.0. The highest BCUT2D eigenvalue weighted by molar-refractivity contribution is 5.27. The second kappa shape index (κ2) is 8.69. The SMILES string of the molecule is CCC(NCc1ccc(OCC#N)cc1)C1CCCCC1. The fraction of sp³-hybridized carbons (Fsp3) is 0.611. The van der Waals surface area contributed by atoms with Crippen LogP contribution in [0.5, 0.6) is 5.75 Å². The van der Waals surface area contributed by atoms with Gasteiger partial charge in [0.25, 0.3) is 0 Å². The molecule has 0 saturated heterocycles. The Kier molecular flexibility index (Phi) is 6.56. The maximum absolute atomic E-state index is 8.49. The number of rotatable bonds is 7. The zero-order valence-corrected chi connectivity index (χ0v) is 13.0. The van der Waals surface area contributed by atoms with Gasteiger partial charge in [0.2, 0.25) is 0 Å². The van der Waals surface area contributed by atoms with Crippen molar-refractivity contribution in [3.63, 3.8) is 0 Å². The van der Waals surface area contributed by atoms with Crippen molar-refractivity contribution in [2.45, 2.75) is 58.0 Å². The lowest BCUT2D eigenvalue weighted by molar-refractivity contribution is 0.261. The van der Waals surface area contributed by atoms with Gasteiger partial charge in [0, 0.05) is 12.6 Å². The van der Waals surface area contributed by atoms with Crippen LogP contribution < -0.4 is 10.1 Å². The predicted octanol–water partition coefficient (Wildman–Crippen LogP) is 4.04. The first-order chi connectivity index (χ1) is 10.3. The largest absolute Gasteiger partial charge is 0.479 e. The summed E-state index contributed by atoms with van der Waals surface area (Å²) in [5.41, 5.74) is 1.27. The molecule has 3 nitrogen and oxygen atoms in total. The average Bonchev–Trinajstić information content (AvgIpc) is 2.55. The number of hydrogen-bond donors (Lipinski definition) is 1. The van der Waals surface area contributed by atoms with Crippen molar-refractivity contribution in [1.29, 1.82) is 5.26 Å². The highest BCUT2D eigenvalue weighted by Gasteiger charge is 2.21. The molecule has 114 valence electrons.